The Labute approximate surface area is 194 Å². The average Bonchev–Trinajstić information content (AvgIpc) is 2.77. The van der Waals surface area contributed by atoms with E-state index in [1.54, 1.807) is 30.7 Å². The first-order valence-corrected chi connectivity index (χ1v) is 16.3. The minimum Gasteiger partial charge on any atom is -0.744 e. The molecule has 5 heteroatoms. The molecule has 1 aromatic rings. The third-order valence-corrected chi connectivity index (χ3v) is 11.8. The lowest BCUT2D eigenvalue weighted by molar-refractivity contribution is 0.463. The van der Waals surface area contributed by atoms with Crippen LogP contribution in [0.4, 0.5) is 0 Å². The first-order chi connectivity index (χ1) is 14.8. The third-order valence-electron chi connectivity index (χ3n) is 5.85. The van der Waals surface area contributed by atoms with Gasteiger partial charge in [-0.1, -0.05) is 84.6 Å². The van der Waals surface area contributed by atoms with Crippen LogP contribution in [0, 0.1) is 0 Å². The number of rotatable bonds is 16. The first kappa shape index (κ1) is 30.3. The first-order valence-electron chi connectivity index (χ1n) is 12.3. The number of unbranched alkanes of at least 4 members (excludes halogenated alkanes) is 6. The highest BCUT2D eigenvalue weighted by Gasteiger charge is 2.34. The maximum absolute atomic E-state index is 10.5. The summed E-state index contributed by atoms with van der Waals surface area (Å²) in [5.41, 5.74) is 0.780. The molecule has 0 aromatic heterocycles. The predicted molar refractivity (Wildman–Crippen MR) is 140 cm³/mol. The molecule has 0 bridgehead atoms. The lowest BCUT2D eigenvalue weighted by Gasteiger charge is -2.28. The second-order valence-electron chi connectivity index (χ2n) is 8.58. The van der Waals surface area contributed by atoms with E-state index in [-0.39, 0.29) is 4.90 Å². The van der Waals surface area contributed by atoms with Gasteiger partial charge in [0.2, 0.25) is 0 Å². The zero-order chi connectivity index (χ0) is 23.6. The van der Waals surface area contributed by atoms with Crippen molar-refractivity contribution < 1.29 is 13.0 Å². The molecule has 31 heavy (non-hydrogen) atoms. The molecule has 0 saturated carbocycles. The van der Waals surface area contributed by atoms with Crippen molar-refractivity contribution in [3.05, 3.63) is 36.4 Å². The van der Waals surface area contributed by atoms with Gasteiger partial charge >= 0.3 is 0 Å². The van der Waals surface area contributed by atoms with Crippen molar-refractivity contribution in [3.63, 3.8) is 0 Å². The van der Waals surface area contributed by atoms with Crippen molar-refractivity contribution in [1.82, 2.24) is 0 Å². The molecule has 0 aliphatic heterocycles. The summed E-state index contributed by atoms with van der Waals surface area (Å²) in [6, 6.07) is 5.58. The van der Waals surface area contributed by atoms with Gasteiger partial charge in [0, 0.05) is 7.26 Å². The lowest BCUT2D eigenvalue weighted by atomic mass is 10.2. The van der Waals surface area contributed by atoms with Crippen LogP contribution in [0.25, 0.3) is 6.08 Å². The van der Waals surface area contributed by atoms with Gasteiger partial charge in [0.15, 0.2) is 0 Å². The summed E-state index contributed by atoms with van der Waals surface area (Å²) in [5, 5.41) is 0. The summed E-state index contributed by atoms with van der Waals surface area (Å²) in [5.74, 6) is 0. The Hall–Kier alpha value is -0.700. The van der Waals surface area contributed by atoms with E-state index in [9.17, 15) is 13.0 Å². The van der Waals surface area contributed by atoms with Crippen LogP contribution in [0.1, 0.15) is 97.5 Å². The van der Waals surface area contributed by atoms with Crippen LogP contribution in [0.5, 0.6) is 0 Å². The predicted octanol–water partition coefficient (Wildman–Crippen LogP) is 8.22. The molecule has 0 unspecified atom stereocenters. The summed E-state index contributed by atoms with van der Waals surface area (Å²) in [7, 11) is -4.90. The van der Waals surface area contributed by atoms with Crippen molar-refractivity contribution in [2.75, 3.05) is 24.6 Å². The minimum atomic E-state index is -4.31. The van der Waals surface area contributed by atoms with Gasteiger partial charge in [-0.2, -0.15) is 0 Å². The van der Waals surface area contributed by atoms with Gasteiger partial charge in [0.1, 0.15) is 10.1 Å². The fourth-order valence-corrected chi connectivity index (χ4v) is 9.46. The second-order valence-corrected chi connectivity index (χ2v) is 14.4. The van der Waals surface area contributed by atoms with Crippen molar-refractivity contribution in [2.24, 2.45) is 0 Å². The van der Waals surface area contributed by atoms with Crippen molar-refractivity contribution in [2.45, 2.75) is 96.8 Å². The monoisotopic (exact) mass is 470 g/mol. The van der Waals surface area contributed by atoms with Gasteiger partial charge < -0.3 is 4.55 Å². The molecule has 180 valence electrons. The topological polar surface area (TPSA) is 57.2 Å². The molecule has 0 aliphatic carbocycles. The van der Waals surface area contributed by atoms with Crippen molar-refractivity contribution in [1.29, 1.82) is 0 Å². The highest BCUT2D eigenvalue weighted by Crippen LogP contribution is 2.61. The Kier molecular flexibility index (Phi) is 17.4. The van der Waals surface area contributed by atoms with Crippen LogP contribution in [0.3, 0.4) is 0 Å². The molecule has 0 N–H and O–H groups in total. The summed E-state index contributed by atoms with van der Waals surface area (Å²) >= 11 is 0. The Morgan fingerprint density at radius 3 is 1.52 bits per heavy atom. The lowest BCUT2D eigenvalue weighted by Crippen LogP contribution is -2.12. The van der Waals surface area contributed by atoms with E-state index in [1.807, 2.05) is 0 Å². The molecular formula is C26H47O3PS. The van der Waals surface area contributed by atoms with Gasteiger partial charge in [0.05, 0.1) is 29.5 Å². The van der Waals surface area contributed by atoms with E-state index in [1.165, 1.54) is 88.5 Å². The summed E-state index contributed by atoms with van der Waals surface area (Å²) in [6.07, 6.45) is 22.5. The van der Waals surface area contributed by atoms with Gasteiger partial charge in [0.25, 0.3) is 0 Å². The zero-order valence-corrected chi connectivity index (χ0v) is 22.3. The maximum Gasteiger partial charge on any atom is 0.124 e. The molecule has 0 amide bonds. The Balaban J connectivity index is 0.000000639. The SMILES string of the molecule is C=Cc1ccc(S(=O)(=O)[O-])cc1.CCCCCC[P+](CCCC)(CCCC)CCCC. The molecule has 0 fully saturated rings. The van der Waals surface area contributed by atoms with Gasteiger partial charge in [-0.15, -0.1) is 0 Å². The van der Waals surface area contributed by atoms with Crippen LogP contribution in [0.2, 0.25) is 0 Å². The van der Waals surface area contributed by atoms with E-state index in [0.717, 1.165) is 5.56 Å². The Morgan fingerprint density at radius 1 is 0.742 bits per heavy atom. The fourth-order valence-electron chi connectivity index (χ4n) is 3.80. The van der Waals surface area contributed by atoms with E-state index >= 15 is 0 Å². The molecular weight excluding hydrogens is 423 g/mol. The minimum absolute atomic E-state index is 0.215. The second kappa shape index (κ2) is 17.8. The normalized spacial score (nSPS) is 11.6. The number of hydrogen-bond acceptors (Lipinski definition) is 3. The molecule has 1 rings (SSSR count). The van der Waals surface area contributed by atoms with Gasteiger partial charge in [-0.3, -0.25) is 0 Å². The van der Waals surface area contributed by atoms with Crippen molar-refractivity contribution in [3.8, 4) is 0 Å². The largest absolute Gasteiger partial charge is 0.744 e. The van der Waals surface area contributed by atoms with Crippen LogP contribution in [-0.4, -0.2) is 37.6 Å². The molecule has 1 aromatic carbocycles. The highest BCUT2D eigenvalue weighted by atomic mass is 32.2. The van der Waals surface area contributed by atoms with E-state index in [0.29, 0.717) is 0 Å². The maximum atomic E-state index is 10.5. The highest BCUT2D eigenvalue weighted by molar-refractivity contribution is 7.85. The molecule has 0 spiro atoms. The average molecular weight is 471 g/mol. The quantitative estimate of drug-likeness (QED) is 0.139. The van der Waals surface area contributed by atoms with Crippen molar-refractivity contribution >= 4 is 23.5 Å². The van der Waals surface area contributed by atoms with Crippen LogP contribution in [-0.2, 0) is 10.1 Å². The Bertz CT molecular complexity index is 647. The van der Waals surface area contributed by atoms with Gasteiger partial charge in [-0.05, 0) is 49.8 Å². The smallest absolute Gasteiger partial charge is 0.124 e. The van der Waals surface area contributed by atoms with Crippen LogP contribution >= 0.6 is 7.26 Å². The van der Waals surface area contributed by atoms with E-state index < -0.39 is 17.4 Å². The van der Waals surface area contributed by atoms with Gasteiger partial charge in [-0.25, -0.2) is 8.42 Å². The third kappa shape index (κ3) is 14.1. The summed E-state index contributed by atoms with van der Waals surface area (Å²) in [6.45, 7) is 12.9. The molecule has 3 nitrogen and oxygen atoms in total. The number of benzene rings is 1. The number of hydrogen-bond donors (Lipinski definition) is 0. The molecule has 0 aliphatic rings. The fraction of sp³-hybridized carbons (Fsp3) is 0.692. The van der Waals surface area contributed by atoms with E-state index in [4.69, 9.17) is 0 Å². The zero-order valence-electron chi connectivity index (χ0n) is 20.6. The standard InChI is InChI=1S/C18H40P.C8H8O3S/c1-5-9-13-14-18-19(15-10-6-2,16-11-7-3)17-12-8-4;1-2-7-3-5-8(6-4-7)12(9,10)11/h5-18H2,1-4H3;2-6H,1H2,(H,9,10,11)/q+1;/p-1. The molecule has 0 atom stereocenters. The summed E-state index contributed by atoms with van der Waals surface area (Å²) in [4.78, 5) is -0.215. The van der Waals surface area contributed by atoms with E-state index in [2.05, 4.69) is 34.3 Å². The van der Waals surface area contributed by atoms with Crippen LogP contribution in [0.15, 0.2) is 35.7 Å². The molecule has 0 heterocycles. The van der Waals surface area contributed by atoms with Crippen LogP contribution < -0.4 is 0 Å². The Morgan fingerprint density at radius 2 is 1.16 bits per heavy atom. The molecule has 0 saturated heterocycles. The summed E-state index contributed by atoms with van der Waals surface area (Å²) < 4.78 is 31.4. The molecule has 0 radical (unpaired) electrons.